The quantitative estimate of drug-likeness (QED) is 0.327. The number of methoxy groups -OCH3 is 1. The van der Waals surface area contributed by atoms with Crippen LogP contribution >= 0.6 is 11.6 Å². The second-order valence-corrected chi connectivity index (χ2v) is 9.90. The third kappa shape index (κ3) is 4.92. The average molecular weight is 513 g/mol. The minimum absolute atomic E-state index is 0.0330. The number of rotatable bonds is 6. The summed E-state index contributed by atoms with van der Waals surface area (Å²) < 4.78 is 16.5. The van der Waals surface area contributed by atoms with E-state index in [4.69, 9.17) is 31.5 Å². The van der Waals surface area contributed by atoms with Gasteiger partial charge in [-0.15, -0.1) is 0 Å². The van der Waals surface area contributed by atoms with Gasteiger partial charge < -0.3 is 19.9 Å². The Balaban J connectivity index is 1.68. The third-order valence-electron chi connectivity index (χ3n) is 6.17. The lowest BCUT2D eigenvalue weighted by molar-refractivity contribution is -0.384. The largest absolute Gasteiger partial charge is 0.487 e. The standard InChI is InChI=1S/C26H25ClN2O7/c1-26(2)11-18(30)22-20(12-26)36-24(28)23(25(31)34-3)21(22)15-7-8-19(17(27)10-15)35-13-14-5-4-6-16(9-14)29(32)33/h4-10,21H,11-13,28H2,1-3H3/t21-/m0/s1. The first-order chi connectivity index (χ1) is 17.0. The van der Waals surface area contributed by atoms with E-state index in [1.807, 2.05) is 13.8 Å². The van der Waals surface area contributed by atoms with E-state index in [2.05, 4.69) is 0 Å². The van der Waals surface area contributed by atoms with Crippen LogP contribution in [0, 0.1) is 15.5 Å². The third-order valence-corrected chi connectivity index (χ3v) is 6.46. The van der Waals surface area contributed by atoms with Crippen molar-refractivity contribution in [2.45, 2.75) is 39.2 Å². The number of hydrogen-bond donors (Lipinski definition) is 1. The fraction of sp³-hybridized carbons (Fsp3) is 0.308. The molecular weight excluding hydrogens is 488 g/mol. The molecule has 36 heavy (non-hydrogen) atoms. The molecule has 0 amide bonds. The maximum absolute atomic E-state index is 13.2. The highest BCUT2D eigenvalue weighted by Gasteiger charge is 2.45. The van der Waals surface area contributed by atoms with E-state index >= 15 is 0 Å². The summed E-state index contributed by atoms with van der Waals surface area (Å²) in [6, 6.07) is 11.0. The van der Waals surface area contributed by atoms with Gasteiger partial charge in [0.05, 0.1) is 23.0 Å². The van der Waals surface area contributed by atoms with Gasteiger partial charge in [-0.1, -0.05) is 43.6 Å². The van der Waals surface area contributed by atoms with Gasteiger partial charge in [0, 0.05) is 30.5 Å². The summed E-state index contributed by atoms with van der Waals surface area (Å²) in [7, 11) is 1.23. The SMILES string of the molecule is COC(=O)C1=C(N)OC2=C(C(=O)CC(C)(C)C2)[C@@H]1c1ccc(OCc2cccc([N+](=O)[O-])c2)c(Cl)c1. The van der Waals surface area contributed by atoms with Gasteiger partial charge in [-0.3, -0.25) is 14.9 Å². The lowest BCUT2D eigenvalue weighted by Crippen LogP contribution is -2.35. The number of ether oxygens (including phenoxy) is 3. The summed E-state index contributed by atoms with van der Waals surface area (Å²) >= 11 is 6.52. The minimum Gasteiger partial charge on any atom is -0.487 e. The highest BCUT2D eigenvalue weighted by atomic mass is 35.5. The van der Waals surface area contributed by atoms with Crippen LogP contribution in [0.2, 0.25) is 5.02 Å². The molecule has 2 aromatic carbocycles. The van der Waals surface area contributed by atoms with Gasteiger partial charge in [-0.2, -0.15) is 0 Å². The van der Waals surface area contributed by atoms with Gasteiger partial charge in [0.2, 0.25) is 5.88 Å². The molecule has 2 aliphatic rings. The van der Waals surface area contributed by atoms with Crippen molar-refractivity contribution in [2.24, 2.45) is 11.1 Å². The number of nitrogens with two attached hydrogens (primary N) is 1. The maximum Gasteiger partial charge on any atom is 0.340 e. The van der Waals surface area contributed by atoms with Crippen LogP contribution in [-0.2, 0) is 25.7 Å². The van der Waals surface area contributed by atoms with Crippen molar-refractivity contribution in [1.29, 1.82) is 0 Å². The molecule has 1 heterocycles. The number of esters is 1. The van der Waals surface area contributed by atoms with Crippen molar-refractivity contribution in [2.75, 3.05) is 7.11 Å². The molecule has 1 aliphatic carbocycles. The van der Waals surface area contributed by atoms with Crippen molar-refractivity contribution in [3.8, 4) is 5.75 Å². The number of nitrogens with zero attached hydrogens (tertiary/aromatic N) is 1. The molecule has 1 atom stereocenters. The van der Waals surface area contributed by atoms with Crippen LogP contribution < -0.4 is 10.5 Å². The van der Waals surface area contributed by atoms with Crippen molar-refractivity contribution in [3.63, 3.8) is 0 Å². The fourth-order valence-corrected chi connectivity index (χ4v) is 4.80. The molecule has 0 radical (unpaired) electrons. The van der Waals surface area contributed by atoms with Crippen molar-refractivity contribution >= 4 is 29.0 Å². The van der Waals surface area contributed by atoms with Gasteiger partial charge in [-0.25, -0.2) is 4.79 Å². The van der Waals surface area contributed by atoms with E-state index in [0.29, 0.717) is 34.6 Å². The predicted octanol–water partition coefficient (Wildman–Crippen LogP) is 4.93. The van der Waals surface area contributed by atoms with E-state index in [1.165, 1.54) is 19.2 Å². The molecule has 1 aliphatic heterocycles. The van der Waals surface area contributed by atoms with Gasteiger partial charge in [0.15, 0.2) is 5.78 Å². The van der Waals surface area contributed by atoms with Gasteiger partial charge in [-0.05, 0) is 28.7 Å². The van der Waals surface area contributed by atoms with Crippen LogP contribution in [0.5, 0.6) is 5.75 Å². The lowest BCUT2D eigenvalue weighted by atomic mass is 9.70. The number of nitro groups is 1. The highest BCUT2D eigenvalue weighted by molar-refractivity contribution is 6.32. The van der Waals surface area contributed by atoms with Crippen LogP contribution in [0.15, 0.2) is 65.3 Å². The molecule has 0 bridgehead atoms. The van der Waals surface area contributed by atoms with Gasteiger partial charge in [0.1, 0.15) is 23.7 Å². The number of benzene rings is 2. The summed E-state index contributed by atoms with van der Waals surface area (Å²) in [5, 5.41) is 11.2. The predicted molar refractivity (Wildman–Crippen MR) is 131 cm³/mol. The number of allylic oxidation sites excluding steroid dienone is 2. The van der Waals surface area contributed by atoms with Crippen LogP contribution in [0.3, 0.4) is 0 Å². The first kappa shape index (κ1) is 25.2. The van der Waals surface area contributed by atoms with Crippen molar-refractivity contribution < 1.29 is 28.7 Å². The molecule has 0 spiro atoms. The van der Waals surface area contributed by atoms with Crippen molar-refractivity contribution in [3.05, 3.63) is 91.5 Å². The number of nitro benzene ring substituents is 1. The summed E-state index contributed by atoms with van der Waals surface area (Å²) in [4.78, 5) is 36.4. The number of hydrogen-bond acceptors (Lipinski definition) is 8. The normalized spacial score (nSPS) is 18.9. The summed E-state index contributed by atoms with van der Waals surface area (Å²) in [5.41, 5.74) is 7.34. The molecule has 0 fully saturated rings. The fourth-order valence-electron chi connectivity index (χ4n) is 4.56. The Labute approximate surface area is 212 Å². The molecule has 2 aromatic rings. The molecule has 2 N–H and O–H groups in total. The second kappa shape index (κ2) is 9.66. The van der Waals surface area contributed by atoms with E-state index in [0.717, 1.165) is 0 Å². The Bertz CT molecular complexity index is 1330. The number of non-ortho nitro benzene ring substituents is 1. The smallest absolute Gasteiger partial charge is 0.340 e. The molecule has 4 rings (SSSR count). The van der Waals surface area contributed by atoms with Gasteiger partial charge >= 0.3 is 5.97 Å². The van der Waals surface area contributed by atoms with E-state index in [9.17, 15) is 19.7 Å². The molecule has 10 heteroatoms. The number of carbonyl (C=O) groups is 2. The Hall–Kier alpha value is -3.85. The zero-order valence-electron chi connectivity index (χ0n) is 20.0. The average Bonchev–Trinajstić information content (AvgIpc) is 2.81. The van der Waals surface area contributed by atoms with Crippen LogP contribution in [0.4, 0.5) is 5.69 Å². The Morgan fingerprint density at radius 2 is 2.00 bits per heavy atom. The van der Waals surface area contributed by atoms with Crippen LogP contribution in [0.1, 0.15) is 43.7 Å². The summed E-state index contributed by atoms with van der Waals surface area (Å²) in [6.45, 7) is 3.99. The monoisotopic (exact) mass is 512 g/mol. The zero-order valence-corrected chi connectivity index (χ0v) is 20.8. The first-order valence-electron chi connectivity index (χ1n) is 11.2. The Morgan fingerprint density at radius 1 is 1.25 bits per heavy atom. The number of ketones is 1. The van der Waals surface area contributed by atoms with E-state index < -0.39 is 16.8 Å². The van der Waals surface area contributed by atoms with E-state index in [1.54, 1.807) is 30.3 Å². The molecule has 0 unspecified atom stereocenters. The molecular formula is C26H25ClN2O7. The first-order valence-corrected chi connectivity index (χ1v) is 11.6. The lowest BCUT2D eigenvalue weighted by Gasteiger charge is -2.37. The van der Waals surface area contributed by atoms with Crippen LogP contribution in [-0.4, -0.2) is 23.8 Å². The topological polar surface area (TPSA) is 131 Å². The Kier molecular flexibility index (Phi) is 6.77. The van der Waals surface area contributed by atoms with Crippen LogP contribution in [0.25, 0.3) is 0 Å². The molecule has 0 aromatic heterocycles. The molecule has 188 valence electrons. The number of Topliss-reactive ketones (excluding diaryl/α,β-unsaturated/α-hetero) is 1. The molecule has 9 nitrogen and oxygen atoms in total. The van der Waals surface area contributed by atoms with Crippen molar-refractivity contribution in [1.82, 2.24) is 0 Å². The second-order valence-electron chi connectivity index (χ2n) is 9.49. The molecule has 0 saturated heterocycles. The summed E-state index contributed by atoms with van der Waals surface area (Å²) in [6.07, 6.45) is 0.774. The number of halogens is 1. The highest BCUT2D eigenvalue weighted by Crippen LogP contribution is 2.49. The van der Waals surface area contributed by atoms with Gasteiger partial charge in [0.25, 0.3) is 5.69 Å². The zero-order chi connectivity index (χ0) is 26.2. The Morgan fingerprint density at radius 3 is 2.67 bits per heavy atom. The molecule has 0 saturated carbocycles. The maximum atomic E-state index is 13.2. The minimum atomic E-state index is -0.812. The number of carbonyl (C=O) groups excluding carboxylic acids is 2. The van der Waals surface area contributed by atoms with E-state index in [-0.39, 0.29) is 46.4 Å². The summed E-state index contributed by atoms with van der Waals surface area (Å²) in [5.74, 6) is -0.994.